The lowest BCUT2D eigenvalue weighted by molar-refractivity contribution is -0.135. The number of hydrogen-bond donors (Lipinski definition) is 2. The molecular formula is C25H18O7. The molecule has 0 amide bonds. The number of benzene rings is 3. The highest BCUT2D eigenvalue weighted by Gasteiger charge is 2.35. The Morgan fingerprint density at radius 2 is 1.78 bits per heavy atom. The normalized spacial score (nSPS) is 15.3. The Morgan fingerprint density at radius 1 is 1.03 bits per heavy atom. The number of carbonyl (C=O) groups is 1. The van der Waals surface area contributed by atoms with Gasteiger partial charge in [-0.2, -0.15) is 0 Å². The number of hydrogen-bond acceptors (Lipinski definition) is 7. The fraction of sp³-hybridized carbons (Fsp3) is 0.120. The van der Waals surface area contributed by atoms with Crippen LogP contribution in [0.1, 0.15) is 23.5 Å². The van der Waals surface area contributed by atoms with Crippen LogP contribution in [0.2, 0.25) is 0 Å². The molecule has 0 saturated carbocycles. The summed E-state index contributed by atoms with van der Waals surface area (Å²) in [6.07, 6.45) is 1.34. The highest BCUT2D eigenvalue weighted by Crippen LogP contribution is 2.47. The van der Waals surface area contributed by atoms with E-state index in [9.17, 15) is 19.8 Å². The van der Waals surface area contributed by atoms with Gasteiger partial charge in [0.25, 0.3) is 0 Å². The van der Waals surface area contributed by atoms with Gasteiger partial charge in [-0.25, -0.2) is 0 Å². The van der Waals surface area contributed by atoms with Crippen molar-refractivity contribution < 1.29 is 28.9 Å². The number of ether oxygens (including phenoxy) is 2. The van der Waals surface area contributed by atoms with E-state index in [0.717, 1.165) is 5.56 Å². The molecule has 0 saturated heterocycles. The van der Waals surface area contributed by atoms with Crippen LogP contribution in [0.4, 0.5) is 0 Å². The lowest BCUT2D eigenvalue weighted by Crippen LogP contribution is -2.22. The molecule has 1 aromatic heterocycles. The second-order valence-corrected chi connectivity index (χ2v) is 7.51. The lowest BCUT2D eigenvalue weighted by Gasteiger charge is -2.27. The third-order valence-corrected chi connectivity index (χ3v) is 5.66. The van der Waals surface area contributed by atoms with Crippen molar-refractivity contribution in [2.45, 2.75) is 12.3 Å². The maximum atomic E-state index is 13.3. The molecule has 4 aromatic rings. The van der Waals surface area contributed by atoms with E-state index < -0.39 is 17.3 Å². The first-order valence-electron chi connectivity index (χ1n) is 9.92. The van der Waals surface area contributed by atoms with Gasteiger partial charge in [-0.3, -0.25) is 9.59 Å². The van der Waals surface area contributed by atoms with Gasteiger partial charge in [0, 0.05) is 23.1 Å². The van der Waals surface area contributed by atoms with Crippen molar-refractivity contribution in [2.75, 3.05) is 7.11 Å². The summed E-state index contributed by atoms with van der Waals surface area (Å²) in [4.78, 5) is 25.7. The second-order valence-electron chi connectivity index (χ2n) is 7.51. The predicted molar refractivity (Wildman–Crippen MR) is 116 cm³/mol. The van der Waals surface area contributed by atoms with Crippen LogP contribution in [-0.4, -0.2) is 23.3 Å². The van der Waals surface area contributed by atoms with Crippen LogP contribution in [0.25, 0.3) is 22.1 Å². The summed E-state index contributed by atoms with van der Waals surface area (Å²) in [7, 11) is 1.54. The number of phenols is 2. The first-order valence-corrected chi connectivity index (χ1v) is 9.92. The summed E-state index contributed by atoms with van der Waals surface area (Å²) in [6.45, 7) is 0. The van der Waals surface area contributed by atoms with Crippen molar-refractivity contribution in [3.8, 4) is 34.1 Å². The zero-order chi connectivity index (χ0) is 22.4. The van der Waals surface area contributed by atoms with E-state index in [0.29, 0.717) is 16.9 Å². The summed E-state index contributed by atoms with van der Waals surface area (Å²) in [5.74, 6) is -0.507. The van der Waals surface area contributed by atoms with E-state index in [2.05, 4.69) is 0 Å². The fourth-order valence-electron chi connectivity index (χ4n) is 4.19. The number of methoxy groups -OCH3 is 1. The molecule has 0 bridgehead atoms. The molecule has 3 aromatic carbocycles. The molecule has 1 atom stereocenters. The molecule has 7 nitrogen and oxygen atoms in total. The van der Waals surface area contributed by atoms with Crippen molar-refractivity contribution in [1.29, 1.82) is 0 Å². The van der Waals surface area contributed by atoms with Gasteiger partial charge >= 0.3 is 5.97 Å². The standard InChI is InChI=1S/C25H18O7/c1-30-19-5-3-2-4-15(19)16-10-21(28)32-20-11-18(27)23-24(29)17(12-31-25(23)22(16)20)13-6-8-14(26)9-7-13/h2-9,11-12,16,26-27H,10H2,1H3/t16-/m1/s1. The molecule has 0 fully saturated rings. The van der Waals surface area contributed by atoms with Crippen LogP contribution < -0.4 is 14.9 Å². The van der Waals surface area contributed by atoms with E-state index in [1.54, 1.807) is 25.3 Å². The lowest BCUT2D eigenvalue weighted by atomic mass is 9.84. The molecule has 7 heteroatoms. The Kier molecular flexibility index (Phi) is 4.59. The third-order valence-electron chi connectivity index (χ3n) is 5.66. The number of carbonyl (C=O) groups excluding carboxylic acids is 1. The van der Waals surface area contributed by atoms with E-state index in [1.165, 1.54) is 24.5 Å². The average Bonchev–Trinajstić information content (AvgIpc) is 2.79. The zero-order valence-electron chi connectivity index (χ0n) is 17.0. The van der Waals surface area contributed by atoms with Gasteiger partial charge in [-0.1, -0.05) is 30.3 Å². The first kappa shape index (κ1) is 19.7. The smallest absolute Gasteiger partial charge is 0.312 e. The van der Waals surface area contributed by atoms with Crippen LogP contribution in [0, 0.1) is 0 Å². The van der Waals surface area contributed by atoms with Gasteiger partial charge in [0.2, 0.25) is 5.43 Å². The summed E-state index contributed by atoms with van der Waals surface area (Å²) >= 11 is 0. The Balaban J connectivity index is 1.79. The van der Waals surface area contributed by atoms with Gasteiger partial charge in [0.05, 0.1) is 19.1 Å². The summed E-state index contributed by atoms with van der Waals surface area (Å²) < 4.78 is 16.8. The molecule has 0 spiro atoms. The average molecular weight is 430 g/mol. The Hall–Kier alpha value is -4.26. The van der Waals surface area contributed by atoms with Crippen molar-refractivity contribution >= 4 is 16.9 Å². The number of esters is 1. The SMILES string of the molecule is COc1ccccc1[C@H]1CC(=O)Oc2cc(O)c3c(=O)c(-c4ccc(O)cc4)coc3c21. The van der Waals surface area contributed by atoms with Crippen molar-refractivity contribution in [2.24, 2.45) is 0 Å². The highest BCUT2D eigenvalue weighted by atomic mass is 16.5. The van der Waals surface area contributed by atoms with Crippen molar-refractivity contribution in [3.63, 3.8) is 0 Å². The highest BCUT2D eigenvalue weighted by molar-refractivity contribution is 5.94. The van der Waals surface area contributed by atoms with Crippen LogP contribution in [-0.2, 0) is 4.79 Å². The van der Waals surface area contributed by atoms with Crippen LogP contribution >= 0.6 is 0 Å². The minimum Gasteiger partial charge on any atom is -0.508 e. The maximum Gasteiger partial charge on any atom is 0.312 e. The fourth-order valence-corrected chi connectivity index (χ4v) is 4.19. The topological polar surface area (TPSA) is 106 Å². The molecule has 160 valence electrons. The minimum atomic E-state index is -0.492. The van der Waals surface area contributed by atoms with Crippen LogP contribution in [0.15, 0.2) is 70.1 Å². The van der Waals surface area contributed by atoms with Gasteiger partial charge in [-0.15, -0.1) is 0 Å². The number of fused-ring (bicyclic) bond motifs is 3. The molecule has 0 aliphatic carbocycles. The summed E-state index contributed by atoms with van der Waals surface area (Å²) in [5, 5.41) is 20.2. The van der Waals surface area contributed by atoms with E-state index in [1.807, 2.05) is 18.2 Å². The number of rotatable bonds is 3. The second kappa shape index (κ2) is 7.46. The molecule has 0 radical (unpaired) electrons. The van der Waals surface area contributed by atoms with Crippen LogP contribution in [0.5, 0.6) is 23.0 Å². The van der Waals surface area contributed by atoms with E-state index >= 15 is 0 Å². The third kappa shape index (κ3) is 3.06. The predicted octanol–water partition coefficient (Wildman–Crippen LogP) is 4.32. The Labute approximate surface area is 182 Å². The monoisotopic (exact) mass is 430 g/mol. The van der Waals surface area contributed by atoms with E-state index in [4.69, 9.17) is 13.9 Å². The molecule has 32 heavy (non-hydrogen) atoms. The maximum absolute atomic E-state index is 13.3. The number of phenolic OH excluding ortho intramolecular Hbond substituents is 2. The molecule has 5 rings (SSSR count). The molecule has 1 aliphatic heterocycles. The van der Waals surface area contributed by atoms with Gasteiger partial charge in [0.15, 0.2) is 0 Å². The molecule has 2 N–H and O–H groups in total. The molecular weight excluding hydrogens is 412 g/mol. The summed E-state index contributed by atoms with van der Waals surface area (Å²) in [5.41, 5.74) is 1.71. The zero-order valence-corrected chi connectivity index (χ0v) is 17.0. The Morgan fingerprint density at radius 3 is 2.53 bits per heavy atom. The Bertz CT molecular complexity index is 1420. The van der Waals surface area contributed by atoms with Gasteiger partial charge < -0.3 is 24.1 Å². The molecule has 1 aliphatic rings. The number of para-hydroxylation sites is 1. The van der Waals surface area contributed by atoms with Crippen LogP contribution in [0.3, 0.4) is 0 Å². The number of aromatic hydroxyl groups is 2. The van der Waals surface area contributed by atoms with Gasteiger partial charge in [-0.05, 0) is 23.8 Å². The quantitative estimate of drug-likeness (QED) is 0.368. The van der Waals surface area contributed by atoms with Crippen molar-refractivity contribution in [1.82, 2.24) is 0 Å². The van der Waals surface area contributed by atoms with Gasteiger partial charge in [0.1, 0.15) is 40.2 Å². The molecule has 2 heterocycles. The first-order chi connectivity index (χ1) is 15.5. The van der Waals surface area contributed by atoms with Crippen molar-refractivity contribution in [3.05, 3.63) is 82.2 Å². The largest absolute Gasteiger partial charge is 0.508 e. The van der Waals surface area contributed by atoms with E-state index in [-0.39, 0.29) is 40.2 Å². The molecule has 0 unspecified atom stereocenters. The minimum absolute atomic E-state index is 0.00725. The summed E-state index contributed by atoms with van der Waals surface area (Å²) in [6, 6.07) is 14.7.